The quantitative estimate of drug-likeness (QED) is 0.689. The van der Waals surface area contributed by atoms with Gasteiger partial charge in [-0.05, 0) is 53.1 Å². The lowest BCUT2D eigenvalue weighted by molar-refractivity contribution is 0.0964. The standard InChI is InChI=1S/C12H27N3/c1-12(2,3)15-9-5-11(6-10-15)14-8-4-7-13/h11,14H,4-10,13H2,1-3H3. The lowest BCUT2D eigenvalue weighted by Gasteiger charge is -2.41. The van der Waals surface area contributed by atoms with Gasteiger partial charge in [0.1, 0.15) is 0 Å². The third-order valence-electron chi connectivity index (χ3n) is 3.26. The minimum Gasteiger partial charge on any atom is -0.330 e. The second-order valence-corrected chi connectivity index (χ2v) is 5.53. The molecule has 3 heteroatoms. The molecule has 1 aliphatic rings. The third kappa shape index (κ3) is 4.49. The summed E-state index contributed by atoms with van der Waals surface area (Å²) in [6.07, 6.45) is 3.66. The van der Waals surface area contributed by atoms with Crippen molar-refractivity contribution in [2.24, 2.45) is 5.73 Å². The Bertz CT molecular complexity index is 166. The van der Waals surface area contributed by atoms with Crippen LogP contribution in [0.3, 0.4) is 0 Å². The molecule has 0 amide bonds. The average molecular weight is 213 g/mol. The van der Waals surface area contributed by atoms with E-state index in [0.29, 0.717) is 5.54 Å². The van der Waals surface area contributed by atoms with Gasteiger partial charge >= 0.3 is 0 Å². The number of hydrogen-bond donors (Lipinski definition) is 2. The summed E-state index contributed by atoms with van der Waals surface area (Å²) >= 11 is 0. The van der Waals surface area contributed by atoms with Crippen molar-refractivity contribution >= 4 is 0 Å². The number of hydrogen-bond acceptors (Lipinski definition) is 3. The molecule has 0 unspecified atom stereocenters. The van der Waals surface area contributed by atoms with Gasteiger partial charge in [0.15, 0.2) is 0 Å². The highest BCUT2D eigenvalue weighted by Gasteiger charge is 2.26. The van der Waals surface area contributed by atoms with E-state index in [0.717, 1.165) is 25.6 Å². The predicted octanol–water partition coefficient (Wildman–Crippen LogP) is 1.19. The molecule has 0 bridgehead atoms. The molecule has 1 heterocycles. The van der Waals surface area contributed by atoms with Gasteiger partial charge in [0.25, 0.3) is 0 Å². The second kappa shape index (κ2) is 5.83. The fourth-order valence-corrected chi connectivity index (χ4v) is 2.16. The Balaban J connectivity index is 2.18. The summed E-state index contributed by atoms with van der Waals surface area (Å²) in [5.74, 6) is 0. The first kappa shape index (κ1) is 12.9. The number of rotatable bonds is 4. The number of nitrogens with two attached hydrogens (primary N) is 1. The van der Waals surface area contributed by atoms with Crippen molar-refractivity contribution in [3.63, 3.8) is 0 Å². The van der Waals surface area contributed by atoms with Crippen LogP contribution in [0.1, 0.15) is 40.0 Å². The first-order chi connectivity index (χ1) is 7.04. The summed E-state index contributed by atoms with van der Waals surface area (Å²) < 4.78 is 0. The average Bonchev–Trinajstić information content (AvgIpc) is 2.18. The van der Waals surface area contributed by atoms with Crippen LogP contribution in [-0.4, -0.2) is 42.7 Å². The summed E-state index contributed by atoms with van der Waals surface area (Å²) in [4.78, 5) is 2.58. The number of nitrogens with one attached hydrogen (secondary N) is 1. The molecule has 0 atom stereocenters. The molecule has 0 aliphatic carbocycles. The van der Waals surface area contributed by atoms with Crippen LogP contribution in [0.5, 0.6) is 0 Å². The molecule has 0 saturated carbocycles. The molecule has 0 aromatic heterocycles. The molecule has 0 aromatic rings. The van der Waals surface area contributed by atoms with Gasteiger partial charge in [-0.3, -0.25) is 4.90 Å². The van der Waals surface area contributed by atoms with Crippen molar-refractivity contribution in [3.8, 4) is 0 Å². The molecule has 1 rings (SSSR count). The van der Waals surface area contributed by atoms with Gasteiger partial charge in [0.2, 0.25) is 0 Å². The third-order valence-corrected chi connectivity index (χ3v) is 3.26. The summed E-state index contributed by atoms with van der Waals surface area (Å²) in [5, 5.41) is 3.59. The Labute approximate surface area is 94.4 Å². The van der Waals surface area contributed by atoms with E-state index in [-0.39, 0.29) is 0 Å². The van der Waals surface area contributed by atoms with Gasteiger partial charge in [0, 0.05) is 24.7 Å². The highest BCUT2D eigenvalue weighted by molar-refractivity contribution is 4.84. The molecule has 0 spiro atoms. The van der Waals surface area contributed by atoms with E-state index in [9.17, 15) is 0 Å². The topological polar surface area (TPSA) is 41.3 Å². The maximum absolute atomic E-state index is 5.48. The summed E-state index contributed by atoms with van der Waals surface area (Å²) in [7, 11) is 0. The largest absolute Gasteiger partial charge is 0.330 e. The van der Waals surface area contributed by atoms with E-state index >= 15 is 0 Å². The fourth-order valence-electron chi connectivity index (χ4n) is 2.16. The Morgan fingerprint density at radius 3 is 2.33 bits per heavy atom. The van der Waals surface area contributed by atoms with Gasteiger partial charge in [-0.2, -0.15) is 0 Å². The minimum atomic E-state index is 0.336. The molecular weight excluding hydrogens is 186 g/mol. The summed E-state index contributed by atoms with van der Waals surface area (Å²) in [6, 6.07) is 0.718. The monoisotopic (exact) mass is 213 g/mol. The summed E-state index contributed by atoms with van der Waals surface area (Å²) in [5.41, 5.74) is 5.81. The SMILES string of the molecule is CC(C)(C)N1CCC(NCCCN)CC1. The Kier molecular flexibility index (Phi) is 5.03. The molecule has 0 aromatic carbocycles. The lowest BCUT2D eigenvalue weighted by Crippen LogP contribution is -2.50. The highest BCUT2D eigenvalue weighted by Crippen LogP contribution is 2.19. The van der Waals surface area contributed by atoms with Crippen LogP contribution < -0.4 is 11.1 Å². The normalized spacial score (nSPS) is 20.8. The first-order valence-corrected chi connectivity index (χ1v) is 6.22. The molecule has 90 valence electrons. The number of piperidine rings is 1. The van der Waals surface area contributed by atoms with Crippen molar-refractivity contribution in [2.45, 2.75) is 51.6 Å². The minimum absolute atomic E-state index is 0.336. The fraction of sp³-hybridized carbons (Fsp3) is 1.00. The highest BCUT2D eigenvalue weighted by atomic mass is 15.2. The van der Waals surface area contributed by atoms with Crippen LogP contribution >= 0.6 is 0 Å². The second-order valence-electron chi connectivity index (χ2n) is 5.53. The van der Waals surface area contributed by atoms with E-state index in [4.69, 9.17) is 5.73 Å². The zero-order valence-corrected chi connectivity index (χ0v) is 10.6. The molecule has 0 radical (unpaired) electrons. The molecule has 1 saturated heterocycles. The number of likely N-dealkylation sites (tertiary alicyclic amines) is 1. The first-order valence-electron chi connectivity index (χ1n) is 6.22. The Morgan fingerprint density at radius 2 is 1.87 bits per heavy atom. The summed E-state index contributed by atoms with van der Waals surface area (Å²) in [6.45, 7) is 11.2. The zero-order chi connectivity index (χ0) is 11.3. The van der Waals surface area contributed by atoms with E-state index in [2.05, 4.69) is 31.0 Å². The Hall–Kier alpha value is -0.120. The van der Waals surface area contributed by atoms with Crippen LogP contribution in [0.4, 0.5) is 0 Å². The van der Waals surface area contributed by atoms with Crippen molar-refractivity contribution < 1.29 is 0 Å². The van der Waals surface area contributed by atoms with Crippen molar-refractivity contribution in [2.75, 3.05) is 26.2 Å². The maximum atomic E-state index is 5.48. The van der Waals surface area contributed by atoms with E-state index in [1.165, 1.54) is 25.9 Å². The lowest BCUT2D eigenvalue weighted by atomic mass is 9.98. The molecule has 1 fully saturated rings. The van der Waals surface area contributed by atoms with Gasteiger partial charge in [-0.15, -0.1) is 0 Å². The van der Waals surface area contributed by atoms with Gasteiger partial charge in [-0.1, -0.05) is 0 Å². The zero-order valence-electron chi connectivity index (χ0n) is 10.6. The van der Waals surface area contributed by atoms with Crippen LogP contribution in [-0.2, 0) is 0 Å². The van der Waals surface area contributed by atoms with E-state index in [1.807, 2.05) is 0 Å². The van der Waals surface area contributed by atoms with Crippen LogP contribution in [0.25, 0.3) is 0 Å². The van der Waals surface area contributed by atoms with Crippen molar-refractivity contribution in [1.29, 1.82) is 0 Å². The van der Waals surface area contributed by atoms with Crippen molar-refractivity contribution in [1.82, 2.24) is 10.2 Å². The Morgan fingerprint density at radius 1 is 1.27 bits per heavy atom. The van der Waals surface area contributed by atoms with Crippen LogP contribution in [0, 0.1) is 0 Å². The van der Waals surface area contributed by atoms with Gasteiger partial charge in [-0.25, -0.2) is 0 Å². The number of nitrogens with zero attached hydrogens (tertiary/aromatic N) is 1. The predicted molar refractivity (Wildman–Crippen MR) is 66.0 cm³/mol. The molecule has 1 aliphatic heterocycles. The van der Waals surface area contributed by atoms with E-state index in [1.54, 1.807) is 0 Å². The van der Waals surface area contributed by atoms with Crippen LogP contribution in [0.15, 0.2) is 0 Å². The smallest absolute Gasteiger partial charge is 0.0125 e. The molecule has 3 N–H and O–H groups in total. The van der Waals surface area contributed by atoms with Crippen LogP contribution in [0.2, 0.25) is 0 Å². The molecule has 3 nitrogen and oxygen atoms in total. The molecular formula is C12H27N3. The molecule has 15 heavy (non-hydrogen) atoms. The van der Waals surface area contributed by atoms with E-state index < -0.39 is 0 Å². The van der Waals surface area contributed by atoms with Crippen molar-refractivity contribution in [3.05, 3.63) is 0 Å². The van der Waals surface area contributed by atoms with Gasteiger partial charge < -0.3 is 11.1 Å². The maximum Gasteiger partial charge on any atom is 0.0125 e. The van der Waals surface area contributed by atoms with Gasteiger partial charge in [0.05, 0.1) is 0 Å².